The number of nitrogen functional groups attached to an aromatic ring is 2. The minimum Gasteiger partial charge on any atom is -0.368 e. The molecule has 0 spiro atoms. The average molecular weight is 447 g/mol. The van der Waals surface area contributed by atoms with Gasteiger partial charge >= 0.3 is 0 Å². The van der Waals surface area contributed by atoms with Crippen LogP contribution in [-0.2, 0) is 12.3 Å². The van der Waals surface area contributed by atoms with Gasteiger partial charge in [0.15, 0.2) is 11.0 Å². The van der Waals surface area contributed by atoms with Crippen LogP contribution >= 0.6 is 23.4 Å². The number of anilines is 2. The molecular weight excluding hydrogens is 420 g/mol. The molecule has 0 radical (unpaired) electrons. The molecule has 2 heterocycles. The Morgan fingerprint density at radius 3 is 2.27 bits per heavy atom. The maximum atomic E-state index is 6.04. The summed E-state index contributed by atoms with van der Waals surface area (Å²) in [5.74, 6) is 2.07. The maximum absolute atomic E-state index is 6.04. The van der Waals surface area contributed by atoms with E-state index in [4.69, 9.17) is 23.1 Å². The summed E-state index contributed by atoms with van der Waals surface area (Å²) in [5, 5.41) is 10.4. The smallest absolute Gasteiger partial charge is 0.225 e. The summed E-state index contributed by atoms with van der Waals surface area (Å²) in [6, 6.07) is 7.66. The SMILES string of the molecule is CCCCCCCCn1c(SCc2nc(N)nc(N)n2)nnc1-c1ccc(Cl)cc1. The van der Waals surface area contributed by atoms with Gasteiger partial charge in [-0.15, -0.1) is 10.2 Å². The second-order valence-electron chi connectivity index (χ2n) is 6.99. The van der Waals surface area contributed by atoms with Crippen molar-refractivity contribution < 1.29 is 0 Å². The fourth-order valence-corrected chi connectivity index (χ4v) is 4.06. The Balaban J connectivity index is 1.74. The third-order valence-corrected chi connectivity index (χ3v) is 5.82. The van der Waals surface area contributed by atoms with E-state index >= 15 is 0 Å². The molecule has 2 aromatic heterocycles. The van der Waals surface area contributed by atoms with Crippen molar-refractivity contribution in [2.45, 2.75) is 62.9 Å². The zero-order valence-electron chi connectivity index (χ0n) is 17.1. The molecule has 0 unspecified atom stereocenters. The number of halogens is 1. The van der Waals surface area contributed by atoms with Gasteiger partial charge < -0.3 is 16.0 Å². The van der Waals surface area contributed by atoms with Crippen molar-refractivity contribution in [1.82, 2.24) is 29.7 Å². The second-order valence-corrected chi connectivity index (χ2v) is 8.37. The van der Waals surface area contributed by atoms with Gasteiger partial charge in [-0.1, -0.05) is 62.4 Å². The van der Waals surface area contributed by atoms with Crippen LogP contribution in [0.4, 0.5) is 11.9 Å². The number of thioether (sulfide) groups is 1. The van der Waals surface area contributed by atoms with Gasteiger partial charge in [-0.05, 0) is 30.7 Å². The Morgan fingerprint density at radius 2 is 1.57 bits per heavy atom. The van der Waals surface area contributed by atoms with Gasteiger partial charge in [0.25, 0.3) is 0 Å². The molecular formula is C20H27ClN8S. The molecule has 0 fully saturated rings. The van der Waals surface area contributed by atoms with E-state index in [1.54, 1.807) is 0 Å². The van der Waals surface area contributed by atoms with E-state index in [1.807, 2.05) is 24.3 Å². The molecule has 0 aliphatic carbocycles. The van der Waals surface area contributed by atoms with Gasteiger partial charge in [-0.25, -0.2) is 0 Å². The Bertz CT molecular complexity index is 924. The van der Waals surface area contributed by atoms with Crippen LogP contribution in [0.1, 0.15) is 51.3 Å². The Kier molecular flexibility index (Phi) is 8.27. The number of hydrogen-bond donors (Lipinski definition) is 2. The molecule has 0 aliphatic heterocycles. The lowest BCUT2D eigenvalue weighted by molar-refractivity contribution is 0.539. The van der Waals surface area contributed by atoms with Gasteiger partial charge in [0, 0.05) is 17.1 Å². The molecule has 160 valence electrons. The van der Waals surface area contributed by atoms with Crippen LogP contribution in [0.2, 0.25) is 5.02 Å². The van der Waals surface area contributed by atoms with Crippen molar-refractivity contribution >= 4 is 35.3 Å². The van der Waals surface area contributed by atoms with E-state index in [2.05, 4.69) is 36.6 Å². The van der Waals surface area contributed by atoms with Crippen LogP contribution in [0.5, 0.6) is 0 Å². The van der Waals surface area contributed by atoms with Crippen molar-refractivity contribution in [2.24, 2.45) is 0 Å². The molecule has 3 aromatic rings. The minimum atomic E-state index is 0.119. The highest BCUT2D eigenvalue weighted by Crippen LogP contribution is 2.27. The zero-order valence-corrected chi connectivity index (χ0v) is 18.7. The van der Waals surface area contributed by atoms with E-state index < -0.39 is 0 Å². The van der Waals surface area contributed by atoms with Crippen molar-refractivity contribution in [1.29, 1.82) is 0 Å². The molecule has 4 N–H and O–H groups in total. The van der Waals surface area contributed by atoms with Crippen LogP contribution < -0.4 is 11.5 Å². The quantitative estimate of drug-likeness (QED) is 0.323. The predicted octanol–water partition coefficient (Wildman–Crippen LogP) is 4.60. The molecule has 0 amide bonds. The van der Waals surface area contributed by atoms with Crippen LogP contribution in [0, 0.1) is 0 Å². The van der Waals surface area contributed by atoms with Crippen molar-refractivity contribution in [2.75, 3.05) is 11.5 Å². The molecule has 0 saturated carbocycles. The lowest BCUT2D eigenvalue weighted by Gasteiger charge is -2.10. The first-order chi connectivity index (χ1) is 14.6. The number of rotatable bonds is 11. The fourth-order valence-electron chi connectivity index (χ4n) is 3.11. The summed E-state index contributed by atoms with van der Waals surface area (Å²) in [6.45, 7) is 3.08. The monoisotopic (exact) mass is 446 g/mol. The highest BCUT2D eigenvalue weighted by atomic mass is 35.5. The molecule has 30 heavy (non-hydrogen) atoms. The van der Waals surface area contributed by atoms with Crippen molar-refractivity contribution in [3.05, 3.63) is 35.1 Å². The average Bonchev–Trinajstić information content (AvgIpc) is 3.11. The predicted molar refractivity (Wildman–Crippen MR) is 122 cm³/mol. The lowest BCUT2D eigenvalue weighted by atomic mass is 10.1. The summed E-state index contributed by atoms with van der Waals surface area (Å²) in [7, 11) is 0. The van der Waals surface area contributed by atoms with Crippen LogP contribution in [0.3, 0.4) is 0 Å². The van der Waals surface area contributed by atoms with Gasteiger partial charge in [0.05, 0.1) is 5.75 Å². The molecule has 0 atom stereocenters. The Labute approximate surface area is 185 Å². The zero-order chi connectivity index (χ0) is 21.3. The van der Waals surface area contributed by atoms with E-state index in [0.717, 1.165) is 29.5 Å². The Hall–Kier alpha value is -2.39. The van der Waals surface area contributed by atoms with Crippen LogP contribution in [0.25, 0.3) is 11.4 Å². The van der Waals surface area contributed by atoms with Crippen LogP contribution in [0.15, 0.2) is 29.4 Å². The molecule has 3 rings (SSSR count). The van der Waals surface area contributed by atoms with E-state index in [0.29, 0.717) is 16.6 Å². The number of nitrogens with zero attached hydrogens (tertiary/aromatic N) is 6. The third-order valence-electron chi connectivity index (χ3n) is 4.60. The first-order valence-corrected chi connectivity index (χ1v) is 11.5. The topological polar surface area (TPSA) is 121 Å². The molecule has 0 aliphatic rings. The first kappa shape index (κ1) is 22.3. The highest BCUT2D eigenvalue weighted by Gasteiger charge is 2.15. The summed E-state index contributed by atoms with van der Waals surface area (Å²) in [5.41, 5.74) is 12.3. The van der Waals surface area contributed by atoms with Crippen LogP contribution in [-0.4, -0.2) is 29.7 Å². The Morgan fingerprint density at radius 1 is 0.900 bits per heavy atom. The van der Waals surface area contributed by atoms with Gasteiger partial charge in [-0.2, -0.15) is 15.0 Å². The molecule has 10 heteroatoms. The summed E-state index contributed by atoms with van der Waals surface area (Å²) in [6.07, 6.45) is 7.33. The lowest BCUT2D eigenvalue weighted by Crippen LogP contribution is -2.07. The number of aromatic nitrogens is 6. The van der Waals surface area contributed by atoms with Gasteiger partial charge in [-0.3, -0.25) is 0 Å². The number of unbranched alkanes of at least 4 members (excludes halogenated alkanes) is 5. The molecule has 0 bridgehead atoms. The number of nitrogens with two attached hydrogens (primary N) is 2. The maximum Gasteiger partial charge on any atom is 0.225 e. The third kappa shape index (κ3) is 6.30. The van der Waals surface area contributed by atoms with E-state index in [9.17, 15) is 0 Å². The van der Waals surface area contributed by atoms with Gasteiger partial charge in [0.1, 0.15) is 5.82 Å². The van der Waals surface area contributed by atoms with E-state index in [-0.39, 0.29) is 11.9 Å². The summed E-state index contributed by atoms with van der Waals surface area (Å²) < 4.78 is 2.15. The molecule has 8 nitrogen and oxygen atoms in total. The van der Waals surface area contributed by atoms with E-state index in [1.165, 1.54) is 43.9 Å². The largest absolute Gasteiger partial charge is 0.368 e. The molecule has 0 saturated heterocycles. The van der Waals surface area contributed by atoms with Gasteiger partial charge in [0.2, 0.25) is 11.9 Å². The minimum absolute atomic E-state index is 0.119. The number of benzene rings is 1. The number of hydrogen-bond acceptors (Lipinski definition) is 8. The van der Waals surface area contributed by atoms with Crippen molar-refractivity contribution in [3.8, 4) is 11.4 Å². The molecule has 1 aromatic carbocycles. The summed E-state index contributed by atoms with van der Waals surface area (Å²) in [4.78, 5) is 12.1. The second kappa shape index (κ2) is 11.1. The van der Waals surface area contributed by atoms with Crippen molar-refractivity contribution in [3.63, 3.8) is 0 Å². The summed E-state index contributed by atoms with van der Waals surface area (Å²) >= 11 is 7.55. The fraction of sp³-hybridized carbons (Fsp3) is 0.450. The standard InChI is InChI=1S/C20H27ClN8S/c1-2-3-4-5-6-7-12-29-17(14-8-10-15(21)11-9-14)27-28-20(29)30-13-16-24-18(22)26-19(23)25-16/h8-11H,2-7,12-13H2,1H3,(H4,22,23,24,25,26). The first-order valence-electron chi connectivity index (χ1n) is 10.1. The normalized spacial score (nSPS) is 11.1. The highest BCUT2D eigenvalue weighted by molar-refractivity contribution is 7.98.